The number of hydrogen-bond acceptors (Lipinski definition) is 3. The first-order chi connectivity index (χ1) is 17.2. The highest BCUT2D eigenvalue weighted by Gasteiger charge is 2.35. The Balaban J connectivity index is 1.46. The zero-order valence-electron chi connectivity index (χ0n) is 20.0. The molecule has 0 unspecified atom stereocenters. The Kier molecular flexibility index (Phi) is 8.14. The normalized spacial score (nSPS) is 20.6. The summed E-state index contributed by atoms with van der Waals surface area (Å²) >= 11 is 0. The summed E-state index contributed by atoms with van der Waals surface area (Å²) in [6, 6.07) is 11.8. The number of halogens is 4. The maximum atomic E-state index is 13.7. The molecule has 5 nitrogen and oxygen atoms in total. The first kappa shape index (κ1) is 26.0. The topological polar surface area (TPSA) is 59.4 Å². The van der Waals surface area contributed by atoms with Crippen LogP contribution < -0.4 is 5.32 Å². The number of urea groups is 1. The molecular formula is C27H30F4N4O. The molecule has 1 aliphatic heterocycles. The number of rotatable bonds is 6. The second-order valence-corrected chi connectivity index (χ2v) is 9.61. The van der Waals surface area contributed by atoms with Gasteiger partial charge in [0.15, 0.2) is 0 Å². The van der Waals surface area contributed by atoms with Gasteiger partial charge >= 0.3 is 12.2 Å². The molecule has 0 atom stereocenters. The van der Waals surface area contributed by atoms with Crippen molar-refractivity contribution >= 4 is 11.7 Å². The van der Waals surface area contributed by atoms with Crippen LogP contribution in [-0.2, 0) is 6.18 Å². The van der Waals surface area contributed by atoms with Crippen LogP contribution in [0.2, 0.25) is 0 Å². The van der Waals surface area contributed by atoms with Gasteiger partial charge in [0.25, 0.3) is 0 Å². The molecule has 192 valence electrons. The molecule has 0 bridgehead atoms. The molecule has 9 heteroatoms. The second-order valence-electron chi connectivity index (χ2n) is 9.61. The smallest absolute Gasteiger partial charge is 0.320 e. The standard InChI is InChI=1S/C27H30F4N4O/c28-25-11-8-22(17-24(25)27(29,30)31)33-26(36)35(15-14-34-12-1-2-13-34)23-9-6-20(7-10-23)21-5-3-4-19(16-21)18-32/h3-5,8,11,16-17,20,23H,1-2,6-7,9-10,12-15H2,(H,33,36)/t20-,23-. The van der Waals surface area contributed by atoms with Crippen LogP contribution in [0.3, 0.4) is 0 Å². The Hall–Kier alpha value is -3.12. The van der Waals surface area contributed by atoms with E-state index in [-0.39, 0.29) is 11.7 Å². The molecule has 1 N–H and O–H groups in total. The number of nitrogens with one attached hydrogen (secondary N) is 1. The van der Waals surface area contributed by atoms with E-state index in [9.17, 15) is 27.6 Å². The molecule has 1 saturated heterocycles. The number of benzene rings is 2. The van der Waals surface area contributed by atoms with Crippen LogP contribution in [0.15, 0.2) is 42.5 Å². The fourth-order valence-corrected chi connectivity index (χ4v) is 5.30. The Labute approximate surface area is 208 Å². The molecule has 1 aliphatic carbocycles. The molecular weight excluding hydrogens is 472 g/mol. The third-order valence-electron chi connectivity index (χ3n) is 7.26. The summed E-state index contributed by atoms with van der Waals surface area (Å²) in [6.45, 7) is 3.13. The predicted molar refractivity (Wildman–Crippen MR) is 129 cm³/mol. The van der Waals surface area contributed by atoms with Crippen LogP contribution in [0.25, 0.3) is 0 Å². The zero-order valence-corrected chi connectivity index (χ0v) is 20.0. The van der Waals surface area contributed by atoms with Crippen molar-refractivity contribution in [3.8, 4) is 6.07 Å². The van der Waals surface area contributed by atoms with Crippen molar-refractivity contribution < 1.29 is 22.4 Å². The van der Waals surface area contributed by atoms with Crippen LogP contribution in [-0.4, -0.2) is 48.1 Å². The minimum absolute atomic E-state index is 0.0504. The molecule has 2 amide bonds. The van der Waals surface area contributed by atoms with E-state index >= 15 is 0 Å². The average molecular weight is 503 g/mol. The summed E-state index contributed by atoms with van der Waals surface area (Å²) in [6.07, 6.45) is 0.604. The molecule has 2 aromatic rings. The van der Waals surface area contributed by atoms with Crippen molar-refractivity contribution in [3.63, 3.8) is 0 Å². The third-order valence-corrected chi connectivity index (χ3v) is 7.26. The number of alkyl halides is 3. The van der Waals surface area contributed by atoms with Crippen LogP contribution in [0.4, 0.5) is 28.0 Å². The summed E-state index contributed by atoms with van der Waals surface area (Å²) in [5.41, 5.74) is 0.260. The van der Waals surface area contributed by atoms with Crippen molar-refractivity contribution in [1.29, 1.82) is 5.26 Å². The van der Waals surface area contributed by atoms with E-state index in [1.165, 1.54) is 0 Å². The molecule has 2 aliphatic rings. The minimum atomic E-state index is -4.85. The van der Waals surface area contributed by atoms with Gasteiger partial charge in [0.05, 0.1) is 17.2 Å². The van der Waals surface area contributed by atoms with Crippen molar-refractivity contribution in [2.24, 2.45) is 0 Å². The van der Waals surface area contributed by atoms with Crippen molar-refractivity contribution in [1.82, 2.24) is 9.80 Å². The lowest BCUT2D eigenvalue weighted by Crippen LogP contribution is -2.47. The number of carbonyl (C=O) groups is 1. The number of amides is 2. The SMILES string of the molecule is N#Cc1cccc([C@H]2CC[C@H](N(CCN3CCCC3)C(=O)Nc3ccc(F)c(C(F)(F)F)c3)CC2)c1. The fraction of sp³-hybridized carbons (Fsp3) is 0.481. The van der Waals surface area contributed by atoms with Crippen molar-refractivity contribution in [2.75, 3.05) is 31.5 Å². The Morgan fingerprint density at radius 1 is 1.08 bits per heavy atom. The molecule has 2 aromatic carbocycles. The maximum Gasteiger partial charge on any atom is 0.419 e. The van der Waals surface area contributed by atoms with E-state index in [0.717, 1.165) is 69.3 Å². The minimum Gasteiger partial charge on any atom is -0.320 e. The summed E-state index contributed by atoms with van der Waals surface area (Å²) in [4.78, 5) is 17.3. The number of likely N-dealkylation sites (tertiary alicyclic amines) is 1. The lowest BCUT2D eigenvalue weighted by atomic mass is 9.81. The maximum absolute atomic E-state index is 13.7. The van der Waals surface area contributed by atoms with E-state index in [2.05, 4.69) is 16.3 Å². The number of carbonyl (C=O) groups excluding carboxylic acids is 1. The van der Waals surface area contributed by atoms with Crippen molar-refractivity contribution in [2.45, 2.75) is 56.7 Å². The average Bonchev–Trinajstić information content (AvgIpc) is 3.39. The van der Waals surface area contributed by atoms with Gasteiger partial charge in [0, 0.05) is 24.8 Å². The summed E-state index contributed by atoms with van der Waals surface area (Å²) in [5, 5.41) is 11.8. The third kappa shape index (κ3) is 6.35. The van der Waals surface area contributed by atoms with Crippen LogP contribution >= 0.6 is 0 Å². The molecule has 2 fully saturated rings. The first-order valence-corrected chi connectivity index (χ1v) is 12.4. The number of nitriles is 1. The Bertz CT molecular complexity index is 1100. The van der Waals surface area contributed by atoms with Gasteiger partial charge < -0.3 is 15.1 Å². The molecule has 0 aromatic heterocycles. The van der Waals surface area contributed by atoms with Gasteiger partial charge in [-0.25, -0.2) is 9.18 Å². The van der Waals surface area contributed by atoms with Gasteiger partial charge in [-0.2, -0.15) is 18.4 Å². The van der Waals surface area contributed by atoms with Crippen LogP contribution in [0.5, 0.6) is 0 Å². The highest BCUT2D eigenvalue weighted by molar-refractivity contribution is 5.89. The van der Waals surface area contributed by atoms with Gasteiger partial charge in [-0.15, -0.1) is 0 Å². The van der Waals surface area contributed by atoms with Crippen molar-refractivity contribution in [3.05, 3.63) is 65.0 Å². The van der Waals surface area contributed by atoms with E-state index in [1.54, 1.807) is 11.0 Å². The zero-order chi connectivity index (χ0) is 25.7. The van der Waals surface area contributed by atoms with Gasteiger partial charge in [0.2, 0.25) is 0 Å². The summed E-state index contributed by atoms with van der Waals surface area (Å²) < 4.78 is 53.1. The van der Waals surface area contributed by atoms with Crippen LogP contribution in [0, 0.1) is 17.1 Å². The largest absolute Gasteiger partial charge is 0.419 e. The highest BCUT2D eigenvalue weighted by Crippen LogP contribution is 2.36. The van der Waals surface area contributed by atoms with E-state index in [0.29, 0.717) is 30.6 Å². The highest BCUT2D eigenvalue weighted by atomic mass is 19.4. The van der Waals surface area contributed by atoms with Gasteiger partial charge in [-0.3, -0.25) is 0 Å². The number of nitrogens with zero attached hydrogens (tertiary/aromatic N) is 3. The van der Waals surface area contributed by atoms with E-state index in [1.807, 2.05) is 18.2 Å². The summed E-state index contributed by atoms with van der Waals surface area (Å²) in [7, 11) is 0. The molecule has 1 heterocycles. The lowest BCUT2D eigenvalue weighted by molar-refractivity contribution is -0.139. The molecule has 36 heavy (non-hydrogen) atoms. The number of anilines is 1. The van der Waals surface area contributed by atoms with E-state index < -0.39 is 23.6 Å². The monoisotopic (exact) mass is 502 g/mol. The predicted octanol–water partition coefficient (Wildman–Crippen LogP) is 6.37. The molecule has 0 radical (unpaired) electrons. The van der Waals surface area contributed by atoms with Crippen LogP contribution in [0.1, 0.15) is 61.1 Å². The Morgan fingerprint density at radius 2 is 1.81 bits per heavy atom. The van der Waals surface area contributed by atoms with E-state index in [4.69, 9.17) is 0 Å². The molecule has 0 spiro atoms. The molecule has 1 saturated carbocycles. The lowest BCUT2D eigenvalue weighted by Gasteiger charge is -2.38. The van der Waals surface area contributed by atoms with Gasteiger partial charge in [0.1, 0.15) is 5.82 Å². The van der Waals surface area contributed by atoms with Gasteiger partial charge in [-0.1, -0.05) is 12.1 Å². The fourth-order valence-electron chi connectivity index (χ4n) is 5.30. The van der Waals surface area contributed by atoms with Gasteiger partial charge in [-0.05, 0) is 93.4 Å². The number of hydrogen-bond donors (Lipinski definition) is 1. The molecule has 4 rings (SSSR count). The quantitative estimate of drug-likeness (QED) is 0.467. The summed E-state index contributed by atoms with van der Waals surface area (Å²) in [5.74, 6) is -1.07. The second kappa shape index (κ2) is 11.3. The Morgan fingerprint density at radius 3 is 2.47 bits per heavy atom. The first-order valence-electron chi connectivity index (χ1n) is 12.4.